The molecule has 2 aromatic rings. The highest BCUT2D eigenvalue weighted by Crippen LogP contribution is 2.66. The Bertz CT molecular complexity index is 1290. The van der Waals surface area contributed by atoms with Gasteiger partial charge in [-0.15, -0.1) is 0 Å². The lowest BCUT2D eigenvalue weighted by atomic mass is 10.0. The van der Waals surface area contributed by atoms with Gasteiger partial charge >= 0.3 is 23.5 Å². The number of fused-ring (bicyclic) bond motifs is 1. The standard InChI is InChI=1S/C14H21N4O14P3/c1-2-3-4-7(30-34(25,26)32-35(27,28)31-33(22,23)24)11-9(19)10(20)14(29-11)18-6-17-8-12(18)15-5-16-13(8)21/h2-3,5-7,9-11,14,19-20H,4H2,1H3,(H,25,26)(H,27,28)(H,15,16,21)(H2,22,23,24)/t7?,9-,10+,11+,14+/m0/s1. The minimum Gasteiger partial charge on any atom is -0.387 e. The summed E-state index contributed by atoms with van der Waals surface area (Å²) >= 11 is 0. The van der Waals surface area contributed by atoms with Crippen LogP contribution in [-0.2, 0) is 31.6 Å². The molecule has 0 aliphatic carbocycles. The number of aromatic amines is 1. The fourth-order valence-corrected chi connectivity index (χ4v) is 6.46. The second-order valence-corrected chi connectivity index (χ2v) is 11.4. The fourth-order valence-electron chi connectivity index (χ4n) is 3.25. The van der Waals surface area contributed by atoms with Crippen molar-refractivity contribution in [1.29, 1.82) is 0 Å². The Morgan fingerprint density at radius 2 is 1.83 bits per heavy atom. The monoisotopic (exact) mass is 562 g/mol. The van der Waals surface area contributed by atoms with Gasteiger partial charge in [-0.05, 0) is 13.3 Å². The van der Waals surface area contributed by atoms with Crippen LogP contribution in [0, 0.1) is 0 Å². The first kappa shape index (κ1) is 28.0. The van der Waals surface area contributed by atoms with Gasteiger partial charge in [0.1, 0.15) is 24.4 Å². The van der Waals surface area contributed by atoms with E-state index in [0.29, 0.717) is 0 Å². The maximum absolute atomic E-state index is 12.3. The van der Waals surface area contributed by atoms with Gasteiger partial charge in [0.05, 0.1) is 12.7 Å². The zero-order chi connectivity index (χ0) is 26.2. The number of aliphatic hydroxyl groups excluding tert-OH is 2. The molecule has 0 aromatic carbocycles. The predicted octanol–water partition coefficient (Wildman–Crippen LogP) is -0.583. The molecule has 7 atom stereocenters. The van der Waals surface area contributed by atoms with E-state index in [0.717, 1.165) is 17.2 Å². The molecule has 2 aromatic heterocycles. The highest BCUT2D eigenvalue weighted by molar-refractivity contribution is 7.66. The normalized spacial score (nSPS) is 27.7. The van der Waals surface area contributed by atoms with Crippen LogP contribution in [0.4, 0.5) is 0 Å². The molecule has 35 heavy (non-hydrogen) atoms. The predicted molar refractivity (Wildman–Crippen MR) is 112 cm³/mol. The summed E-state index contributed by atoms with van der Waals surface area (Å²) in [5, 5.41) is 21.1. The van der Waals surface area contributed by atoms with Gasteiger partial charge in [-0.2, -0.15) is 8.62 Å². The molecule has 0 saturated carbocycles. The van der Waals surface area contributed by atoms with Crippen LogP contribution in [0.1, 0.15) is 19.6 Å². The fraction of sp³-hybridized carbons (Fsp3) is 0.500. The third kappa shape index (κ3) is 6.78. The van der Waals surface area contributed by atoms with Crippen molar-refractivity contribution in [3.63, 3.8) is 0 Å². The number of hydrogen-bond acceptors (Lipinski definition) is 12. The van der Waals surface area contributed by atoms with Crippen LogP contribution in [0.2, 0.25) is 0 Å². The SMILES string of the molecule is CC=CCC(OP(=O)(O)OP(=O)(O)OP(=O)(O)O)[C@H]1O[C@@H](n2cnc3c(=O)[nH]cnc32)[C@H](O)[C@@H]1O. The molecule has 3 rings (SSSR count). The number of rotatable bonds is 10. The van der Waals surface area contributed by atoms with Gasteiger partial charge in [-0.1, -0.05) is 12.2 Å². The molecule has 1 saturated heterocycles. The highest BCUT2D eigenvalue weighted by atomic mass is 31.3. The smallest absolute Gasteiger partial charge is 0.387 e. The minimum absolute atomic E-state index is 0.0106. The lowest BCUT2D eigenvalue weighted by molar-refractivity contribution is -0.0797. The van der Waals surface area contributed by atoms with Crippen molar-refractivity contribution >= 4 is 34.6 Å². The molecule has 1 fully saturated rings. The number of imidazole rings is 1. The number of aliphatic hydroxyl groups is 2. The van der Waals surface area contributed by atoms with Gasteiger partial charge in [-0.25, -0.2) is 23.7 Å². The molecule has 0 amide bonds. The van der Waals surface area contributed by atoms with Crippen molar-refractivity contribution < 1.29 is 61.4 Å². The summed E-state index contributed by atoms with van der Waals surface area (Å²) in [6.45, 7) is 1.58. The van der Waals surface area contributed by atoms with Crippen LogP contribution in [0.5, 0.6) is 0 Å². The van der Waals surface area contributed by atoms with Crippen molar-refractivity contribution in [2.75, 3.05) is 0 Å². The van der Waals surface area contributed by atoms with Gasteiger partial charge < -0.3 is 39.5 Å². The molecule has 0 bridgehead atoms. The average molecular weight is 562 g/mol. The Morgan fingerprint density at radius 1 is 1.14 bits per heavy atom. The molecule has 196 valence electrons. The van der Waals surface area contributed by atoms with Crippen LogP contribution in [0.3, 0.4) is 0 Å². The second kappa shape index (κ2) is 10.4. The number of phosphoric ester groups is 1. The van der Waals surface area contributed by atoms with Crippen LogP contribution < -0.4 is 5.56 Å². The van der Waals surface area contributed by atoms with Gasteiger partial charge in [-0.3, -0.25) is 13.9 Å². The lowest BCUT2D eigenvalue weighted by Crippen LogP contribution is -2.39. The molecule has 21 heteroatoms. The third-order valence-electron chi connectivity index (χ3n) is 4.57. The molecule has 7 N–H and O–H groups in total. The molecule has 0 radical (unpaired) electrons. The van der Waals surface area contributed by atoms with E-state index in [-0.39, 0.29) is 17.6 Å². The first-order valence-corrected chi connectivity index (χ1v) is 14.0. The molecule has 1 aliphatic rings. The number of nitrogens with zero attached hydrogens (tertiary/aromatic N) is 3. The Hall–Kier alpha value is -1.62. The van der Waals surface area contributed by atoms with Gasteiger partial charge in [0, 0.05) is 0 Å². The largest absolute Gasteiger partial charge is 0.490 e. The van der Waals surface area contributed by atoms with E-state index in [1.54, 1.807) is 6.92 Å². The molecule has 3 heterocycles. The van der Waals surface area contributed by atoms with Crippen molar-refractivity contribution in [1.82, 2.24) is 19.5 Å². The molecule has 1 aliphatic heterocycles. The average Bonchev–Trinajstić information content (AvgIpc) is 3.25. The second-order valence-electron chi connectivity index (χ2n) is 7.07. The first-order valence-electron chi connectivity index (χ1n) is 9.49. The van der Waals surface area contributed by atoms with Crippen LogP contribution in [0.25, 0.3) is 11.2 Å². The van der Waals surface area contributed by atoms with Crippen molar-refractivity contribution in [2.45, 2.75) is 44.0 Å². The van der Waals surface area contributed by atoms with E-state index >= 15 is 0 Å². The van der Waals surface area contributed by atoms with Crippen LogP contribution >= 0.6 is 23.5 Å². The Kier molecular flexibility index (Phi) is 8.30. The number of phosphoric acid groups is 3. The van der Waals surface area contributed by atoms with Crippen molar-refractivity contribution in [3.05, 3.63) is 35.2 Å². The number of ether oxygens (including phenoxy) is 1. The number of H-pyrrole nitrogens is 1. The van der Waals surface area contributed by atoms with Crippen LogP contribution in [0.15, 0.2) is 29.6 Å². The van der Waals surface area contributed by atoms with E-state index in [1.165, 1.54) is 12.2 Å². The van der Waals surface area contributed by atoms with E-state index in [9.17, 15) is 38.5 Å². The molecular formula is C14H21N4O14P3. The summed E-state index contributed by atoms with van der Waals surface area (Å²) in [5.74, 6) is 0. The number of hydrogen-bond donors (Lipinski definition) is 7. The first-order chi connectivity index (χ1) is 16.1. The van der Waals surface area contributed by atoms with E-state index in [4.69, 9.17) is 19.0 Å². The quantitative estimate of drug-likeness (QED) is 0.141. The van der Waals surface area contributed by atoms with Crippen LogP contribution in [-0.4, -0.2) is 73.7 Å². The number of allylic oxidation sites excluding steroid dienone is 1. The number of nitrogens with one attached hydrogen (secondary N) is 1. The van der Waals surface area contributed by atoms with E-state index in [1.807, 2.05) is 0 Å². The van der Waals surface area contributed by atoms with E-state index < -0.39 is 59.7 Å². The van der Waals surface area contributed by atoms with Crippen molar-refractivity contribution in [3.8, 4) is 0 Å². The zero-order valence-corrected chi connectivity index (χ0v) is 20.2. The topological polar surface area (TPSA) is 273 Å². The molecule has 0 spiro atoms. The molecule has 18 nitrogen and oxygen atoms in total. The summed E-state index contributed by atoms with van der Waals surface area (Å²) in [7, 11) is -17.0. The molecule has 3 unspecified atom stereocenters. The van der Waals surface area contributed by atoms with Crippen molar-refractivity contribution in [2.24, 2.45) is 0 Å². The Labute approximate surface area is 195 Å². The Balaban J connectivity index is 1.86. The lowest BCUT2D eigenvalue weighted by Gasteiger charge is -2.26. The maximum atomic E-state index is 12.3. The van der Waals surface area contributed by atoms with Gasteiger partial charge in [0.2, 0.25) is 0 Å². The molecular weight excluding hydrogens is 541 g/mol. The van der Waals surface area contributed by atoms with E-state index in [2.05, 4.69) is 23.6 Å². The Morgan fingerprint density at radius 3 is 2.46 bits per heavy atom. The summed E-state index contributed by atoms with van der Waals surface area (Å²) in [6.07, 6.45) is -3.20. The summed E-state index contributed by atoms with van der Waals surface area (Å²) in [5.41, 5.74) is -0.694. The van der Waals surface area contributed by atoms with Gasteiger partial charge in [0.25, 0.3) is 5.56 Å². The highest BCUT2D eigenvalue weighted by Gasteiger charge is 2.50. The number of aromatic nitrogens is 4. The minimum atomic E-state index is -5.79. The zero-order valence-electron chi connectivity index (χ0n) is 17.5. The summed E-state index contributed by atoms with van der Waals surface area (Å²) < 4.78 is 53.7. The third-order valence-corrected chi connectivity index (χ3v) is 8.43. The summed E-state index contributed by atoms with van der Waals surface area (Å²) in [4.78, 5) is 58.5. The maximum Gasteiger partial charge on any atom is 0.490 e. The van der Waals surface area contributed by atoms with Gasteiger partial charge in [0.15, 0.2) is 17.4 Å². The summed E-state index contributed by atoms with van der Waals surface area (Å²) in [6, 6.07) is 0.